The van der Waals surface area contributed by atoms with Crippen molar-refractivity contribution in [1.82, 2.24) is 14.5 Å². The molecular weight excluding hydrogens is 402 g/mol. The number of aromatic nitrogens is 3. The fourth-order valence-electron chi connectivity index (χ4n) is 3.23. The third-order valence-corrected chi connectivity index (χ3v) is 4.80. The Bertz CT molecular complexity index is 1260. The Morgan fingerprint density at radius 1 is 1.10 bits per heavy atom. The van der Waals surface area contributed by atoms with Gasteiger partial charge in [0.15, 0.2) is 23.7 Å². The zero-order chi connectivity index (χ0) is 21.8. The van der Waals surface area contributed by atoms with Crippen LogP contribution in [0, 0.1) is 0 Å². The summed E-state index contributed by atoms with van der Waals surface area (Å²) in [5.41, 5.74) is 1.65. The van der Waals surface area contributed by atoms with E-state index in [2.05, 4.69) is 9.97 Å². The van der Waals surface area contributed by atoms with Gasteiger partial charge in [-0.05, 0) is 24.6 Å². The number of oxazole rings is 1. The molecular formula is C22H21N3O6. The second kappa shape index (κ2) is 8.86. The first-order valence-electron chi connectivity index (χ1n) is 9.70. The molecule has 0 unspecified atom stereocenters. The van der Waals surface area contributed by atoms with E-state index in [0.29, 0.717) is 52.4 Å². The molecule has 0 aliphatic heterocycles. The van der Waals surface area contributed by atoms with Gasteiger partial charge in [0, 0.05) is 19.0 Å². The van der Waals surface area contributed by atoms with Crippen LogP contribution in [0.5, 0.6) is 11.5 Å². The van der Waals surface area contributed by atoms with Crippen molar-refractivity contribution in [2.24, 2.45) is 0 Å². The summed E-state index contributed by atoms with van der Waals surface area (Å²) in [7, 11) is 3.03. The van der Waals surface area contributed by atoms with E-state index in [9.17, 15) is 9.59 Å². The standard InChI is InChI=1S/C22H21N3O6/c1-28-18-10-14-16(11-19(18)29-2)23-13-25(22(14)27)9-5-8-21(26)30-12-20-24-15-6-3-4-7-17(15)31-20/h3-4,6-7,10-11,13H,5,8-9,12H2,1-2H3. The number of fused-ring (bicyclic) bond motifs is 2. The highest BCUT2D eigenvalue weighted by Gasteiger charge is 2.12. The van der Waals surface area contributed by atoms with Crippen LogP contribution in [0.15, 0.2) is 51.9 Å². The third-order valence-electron chi connectivity index (χ3n) is 4.80. The van der Waals surface area contributed by atoms with Gasteiger partial charge in [-0.2, -0.15) is 0 Å². The van der Waals surface area contributed by atoms with E-state index in [1.165, 1.54) is 25.1 Å². The molecule has 0 bridgehead atoms. The fourth-order valence-corrected chi connectivity index (χ4v) is 3.23. The van der Waals surface area contributed by atoms with Crippen molar-refractivity contribution < 1.29 is 23.4 Å². The molecule has 160 valence electrons. The molecule has 2 aromatic heterocycles. The minimum Gasteiger partial charge on any atom is -0.493 e. The number of nitrogens with zero attached hydrogens (tertiary/aromatic N) is 3. The van der Waals surface area contributed by atoms with Gasteiger partial charge in [0.25, 0.3) is 5.56 Å². The first kappa shape index (κ1) is 20.4. The quantitative estimate of drug-likeness (QED) is 0.398. The molecule has 0 N–H and O–H groups in total. The summed E-state index contributed by atoms with van der Waals surface area (Å²) < 4.78 is 22.7. The average Bonchev–Trinajstić information content (AvgIpc) is 3.21. The molecule has 2 aromatic carbocycles. The maximum Gasteiger partial charge on any atom is 0.306 e. The summed E-state index contributed by atoms with van der Waals surface area (Å²) >= 11 is 0. The van der Waals surface area contributed by atoms with Crippen molar-refractivity contribution in [2.45, 2.75) is 26.0 Å². The summed E-state index contributed by atoms with van der Waals surface area (Å²) in [6.45, 7) is 0.292. The summed E-state index contributed by atoms with van der Waals surface area (Å²) in [6.07, 6.45) is 2.03. The van der Waals surface area contributed by atoms with Crippen molar-refractivity contribution in [1.29, 1.82) is 0 Å². The molecule has 0 fully saturated rings. The zero-order valence-electron chi connectivity index (χ0n) is 17.2. The highest BCUT2D eigenvalue weighted by molar-refractivity contribution is 5.81. The van der Waals surface area contributed by atoms with Gasteiger partial charge in [0.1, 0.15) is 5.52 Å². The molecule has 31 heavy (non-hydrogen) atoms. The van der Waals surface area contributed by atoms with Gasteiger partial charge < -0.3 is 18.6 Å². The summed E-state index contributed by atoms with van der Waals surface area (Å²) in [5, 5.41) is 0.415. The van der Waals surface area contributed by atoms with Crippen LogP contribution in [0.1, 0.15) is 18.7 Å². The van der Waals surface area contributed by atoms with Crippen LogP contribution in [-0.2, 0) is 22.7 Å². The number of hydrogen-bond donors (Lipinski definition) is 0. The summed E-state index contributed by atoms with van der Waals surface area (Å²) in [5.74, 6) is 0.903. The van der Waals surface area contributed by atoms with Crippen LogP contribution < -0.4 is 15.0 Å². The van der Waals surface area contributed by atoms with Crippen LogP contribution in [0.2, 0.25) is 0 Å². The molecule has 0 spiro atoms. The predicted octanol–water partition coefficient (Wildman–Crippen LogP) is 3.08. The fraction of sp³-hybridized carbons (Fsp3) is 0.273. The second-order valence-corrected chi connectivity index (χ2v) is 6.81. The maximum absolute atomic E-state index is 12.8. The molecule has 0 amide bonds. The van der Waals surface area contributed by atoms with Gasteiger partial charge >= 0.3 is 5.97 Å². The van der Waals surface area contributed by atoms with Crippen LogP contribution in [0.3, 0.4) is 0 Å². The average molecular weight is 423 g/mol. The first-order chi connectivity index (χ1) is 15.1. The Labute approximate surface area is 177 Å². The normalized spacial score (nSPS) is 11.0. The summed E-state index contributed by atoms with van der Waals surface area (Å²) in [6, 6.07) is 10.6. The monoisotopic (exact) mass is 423 g/mol. The number of esters is 1. The molecule has 4 rings (SSSR count). The SMILES string of the molecule is COc1cc2ncn(CCCC(=O)OCc3nc4ccccc4o3)c(=O)c2cc1OC. The molecule has 9 nitrogen and oxygen atoms in total. The van der Waals surface area contributed by atoms with E-state index in [1.54, 1.807) is 18.2 Å². The van der Waals surface area contributed by atoms with Crippen LogP contribution in [0.4, 0.5) is 0 Å². The Morgan fingerprint density at radius 3 is 2.65 bits per heavy atom. The van der Waals surface area contributed by atoms with E-state index in [4.69, 9.17) is 18.6 Å². The Hall–Kier alpha value is -3.88. The molecule has 0 aliphatic rings. The molecule has 0 radical (unpaired) electrons. The van der Waals surface area contributed by atoms with Crippen LogP contribution >= 0.6 is 0 Å². The number of aryl methyl sites for hydroxylation is 1. The lowest BCUT2D eigenvalue weighted by Gasteiger charge is -2.10. The maximum atomic E-state index is 12.8. The van der Waals surface area contributed by atoms with Gasteiger partial charge in [-0.3, -0.25) is 14.2 Å². The second-order valence-electron chi connectivity index (χ2n) is 6.81. The van der Waals surface area contributed by atoms with Gasteiger partial charge in [-0.1, -0.05) is 12.1 Å². The van der Waals surface area contributed by atoms with Crippen molar-refractivity contribution in [3.05, 3.63) is 59.0 Å². The van der Waals surface area contributed by atoms with E-state index in [1.807, 2.05) is 18.2 Å². The number of benzene rings is 2. The highest BCUT2D eigenvalue weighted by atomic mass is 16.5. The number of para-hydroxylation sites is 2. The third kappa shape index (κ3) is 4.35. The minimum atomic E-state index is -0.393. The highest BCUT2D eigenvalue weighted by Crippen LogP contribution is 2.29. The molecule has 0 saturated heterocycles. The molecule has 9 heteroatoms. The number of hydrogen-bond acceptors (Lipinski definition) is 8. The van der Waals surface area contributed by atoms with Crippen molar-refractivity contribution in [3.8, 4) is 11.5 Å². The molecule has 0 aliphatic carbocycles. The van der Waals surface area contributed by atoms with Gasteiger partial charge in [0.2, 0.25) is 5.89 Å². The topological polar surface area (TPSA) is 106 Å². The minimum absolute atomic E-state index is 0.0351. The van der Waals surface area contributed by atoms with Crippen molar-refractivity contribution in [2.75, 3.05) is 14.2 Å². The number of carbonyl (C=O) groups excluding carboxylic acids is 1. The van der Waals surface area contributed by atoms with Crippen LogP contribution in [-0.4, -0.2) is 34.7 Å². The lowest BCUT2D eigenvalue weighted by molar-refractivity contribution is -0.145. The summed E-state index contributed by atoms with van der Waals surface area (Å²) in [4.78, 5) is 33.4. The number of ether oxygens (including phenoxy) is 3. The number of carbonyl (C=O) groups is 1. The van der Waals surface area contributed by atoms with E-state index in [0.717, 1.165) is 0 Å². The zero-order valence-corrected chi connectivity index (χ0v) is 17.2. The van der Waals surface area contributed by atoms with Gasteiger partial charge in [-0.15, -0.1) is 0 Å². The van der Waals surface area contributed by atoms with Crippen LogP contribution in [0.25, 0.3) is 22.0 Å². The first-order valence-corrected chi connectivity index (χ1v) is 9.70. The Balaban J connectivity index is 1.35. The van der Waals surface area contributed by atoms with Gasteiger partial charge in [-0.25, -0.2) is 9.97 Å². The largest absolute Gasteiger partial charge is 0.493 e. The Morgan fingerprint density at radius 2 is 1.87 bits per heavy atom. The number of methoxy groups -OCH3 is 2. The van der Waals surface area contributed by atoms with E-state index >= 15 is 0 Å². The number of rotatable bonds is 8. The molecule has 0 saturated carbocycles. The molecule has 4 aromatic rings. The van der Waals surface area contributed by atoms with E-state index in [-0.39, 0.29) is 18.6 Å². The molecule has 0 atom stereocenters. The van der Waals surface area contributed by atoms with Crippen molar-refractivity contribution >= 4 is 28.0 Å². The Kier molecular flexibility index (Phi) is 5.83. The smallest absolute Gasteiger partial charge is 0.306 e. The van der Waals surface area contributed by atoms with Crippen molar-refractivity contribution in [3.63, 3.8) is 0 Å². The molecule has 2 heterocycles. The lowest BCUT2D eigenvalue weighted by atomic mass is 10.2. The van der Waals surface area contributed by atoms with Gasteiger partial charge in [0.05, 0.1) is 31.4 Å². The predicted molar refractivity (Wildman–Crippen MR) is 112 cm³/mol. The van der Waals surface area contributed by atoms with E-state index < -0.39 is 5.97 Å². The lowest BCUT2D eigenvalue weighted by Crippen LogP contribution is -2.21.